The highest BCUT2D eigenvalue weighted by Gasteiger charge is 2.30. The lowest BCUT2D eigenvalue weighted by Gasteiger charge is -2.33. The maximum Gasteiger partial charge on any atom is 0.243 e. The van der Waals surface area contributed by atoms with Crippen molar-refractivity contribution in [2.45, 2.75) is 72.0 Å². The number of benzene rings is 2. The van der Waals surface area contributed by atoms with Crippen molar-refractivity contribution in [3.63, 3.8) is 0 Å². The van der Waals surface area contributed by atoms with Crippen LogP contribution >= 0.6 is 0 Å². The summed E-state index contributed by atoms with van der Waals surface area (Å²) in [5.74, 6) is 0.142. The fourth-order valence-corrected chi connectivity index (χ4v) is 5.11. The van der Waals surface area contributed by atoms with E-state index >= 15 is 0 Å². The molecule has 0 fully saturated rings. The Morgan fingerprint density at radius 3 is 2.32 bits per heavy atom. The number of rotatable bonds is 12. The quantitative estimate of drug-likeness (QED) is 0.441. The van der Waals surface area contributed by atoms with E-state index in [9.17, 15) is 18.0 Å². The van der Waals surface area contributed by atoms with Gasteiger partial charge in [-0.3, -0.25) is 13.9 Å². The Labute approximate surface area is 222 Å². The fourth-order valence-electron chi connectivity index (χ4n) is 4.15. The molecule has 2 aromatic carbocycles. The highest BCUT2D eigenvalue weighted by atomic mass is 32.2. The molecule has 2 amide bonds. The van der Waals surface area contributed by atoms with Crippen molar-refractivity contribution in [3.05, 3.63) is 59.7 Å². The first-order valence-electron chi connectivity index (χ1n) is 12.5. The van der Waals surface area contributed by atoms with Gasteiger partial charge in [-0.25, -0.2) is 8.42 Å². The molecule has 0 unspecified atom stereocenters. The van der Waals surface area contributed by atoms with E-state index in [1.165, 1.54) is 11.4 Å². The molecule has 0 bridgehead atoms. The van der Waals surface area contributed by atoms with Gasteiger partial charge in [-0.15, -0.1) is 0 Å². The second-order valence-electron chi connectivity index (χ2n) is 10.3. The molecule has 0 aliphatic rings. The maximum absolute atomic E-state index is 13.5. The molecule has 0 radical (unpaired) electrons. The summed E-state index contributed by atoms with van der Waals surface area (Å²) in [6, 6.07) is 14.0. The largest absolute Gasteiger partial charge is 0.497 e. The van der Waals surface area contributed by atoms with Gasteiger partial charge in [0.1, 0.15) is 11.8 Å². The topological polar surface area (TPSA) is 96.0 Å². The van der Waals surface area contributed by atoms with Gasteiger partial charge in [-0.2, -0.15) is 0 Å². The molecule has 0 aliphatic carbocycles. The van der Waals surface area contributed by atoms with Crippen LogP contribution in [0, 0.1) is 6.92 Å². The van der Waals surface area contributed by atoms with E-state index in [-0.39, 0.29) is 24.8 Å². The average molecular weight is 532 g/mol. The zero-order valence-corrected chi connectivity index (χ0v) is 23.9. The Kier molecular flexibility index (Phi) is 10.5. The van der Waals surface area contributed by atoms with Crippen LogP contribution in [0.3, 0.4) is 0 Å². The molecule has 204 valence electrons. The lowest BCUT2D eigenvalue weighted by molar-refractivity contribution is -0.142. The third kappa shape index (κ3) is 9.39. The van der Waals surface area contributed by atoms with Gasteiger partial charge >= 0.3 is 0 Å². The fraction of sp³-hybridized carbons (Fsp3) is 0.500. The van der Waals surface area contributed by atoms with Gasteiger partial charge in [-0.1, -0.05) is 42.8 Å². The van der Waals surface area contributed by atoms with E-state index in [4.69, 9.17) is 4.74 Å². The van der Waals surface area contributed by atoms with Crippen LogP contribution in [0.4, 0.5) is 5.69 Å². The van der Waals surface area contributed by atoms with E-state index in [2.05, 4.69) is 5.32 Å². The van der Waals surface area contributed by atoms with Crippen molar-refractivity contribution in [1.82, 2.24) is 10.2 Å². The molecule has 2 aromatic rings. The van der Waals surface area contributed by atoms with Crippen molar-refractivity contribution >= 4 is 27.5 Å². The molecule has 9 heteroatoms. The Morgan fingerprint density at radius 1 is 1.08 bits per heavy atom. The van der Waals surface area contributed by atoms with Crippen LogP contribution < -0.4 is 14.4 Å². The standard InChI is InChI=1S/C28H41N3O5S/c1-8-25(27(33)29-28(3,4)5)30(20-22-13-9-12-21(2)18-22)26(32)16-11-17-31(37(7,34)35)23-14-10-15-24(19-23)36-6/h9-10,12-15,18-19,25H,8,11,16-17,20H2,1-7H3,(H,29,33)/t25-/m1/s1. The summed E-state index contributed by atoms with van der Waals surface area (Å²) >= 11 is 0. The molecule has 0 spiro atoms. The Hall–Kier alpha value is -3.07. The highest BCUT2D eigenvalue weighted by molar-refractivity contribution is 7.92. The molecule has 0 saturated carbocycles. The van der Waals surface area contributed by atoms with Crippen molar-refractivity contribution in [1.29, 1.82) is 0 Å². The molecule has 37 heavy (non-hydrogen) atoms. The minimum Gasteiger partial charge on any atom is -0.497 e. The number of carbonyl (C=O) groups excluding carboxylic acids is 2. The molecule has 2 rings (SSSR count). The smallest absolute Gasteiger partial charge is 0.243 e. The van der Waals surface area contributed by atoms with Crippen LogP contribution in [0.1, 0.15) is 58.1 Å². The molecular formula is C28H41N3O5S. The molecule has 0 aliphatic heterocycles. The van der Waals surface area contributed by atoms with Gasteiger partial charge in [0, 0.05) is 31.1 Å². The van der Waals surface area contributed by atoms with Crippen LogP contribution in [-0.2, 0) is 26.2 Å². The summed E-state index contributed by atoms with van der Waals surface area (Å²) in [5, 5.41) is 3.00. The number of hydrogen-bond acceptors (Lipinski definition) is 5. The second-order valence-corrected chi connectivity index (χ2v) is 12.2. The number of sulfonamides is 1. The number of nitrogens with zero attached hydrogens (tertiary/aromatic N) is 2. The number of carbonyl (C=O) groups is 2. The van der Waals surface area contributed by atoms with E-state index in [0.717, 1.165) is 17.4 Å². The lowest BCUT2D eigenvalue weighted by Crippen LogP contribution is -2.53. The summed E-state index contributed by atoms with van der Waals surface area (Å²) in [6.45, 7) is 10.0. The summed E-state index contributed by atoms with van der Waals surface area (Å²) in [4.78, 5) is 28.3. The molecule has 8 nitrogen and oxygen atoms in total. The van der Waals surface area contributed by atoms with Crippen molar-refractivity contribution in [2.75, 3.05) is 24.2 Å². The first-order valence-corrected chi connectivity index (χ1v) is 14.4. The Balaban J connectivity index is 2.25. The number of amides is 2. The minimum absolute atomic E-state index is 0.0983. The number of anilines is 1. The first kappa shape index (κ1) is 30.2. The average Bonchev–Trinajstić information content (AvgIpc) is 2.79. The second kappa shape index (κ2) is 12.9. The van der Waals surface area contributed by atoms with Crippen LogP contribution in [0.25, 0.3) is 0 Å². The van der Waals surface area contributed by atoms with Gasteiger partial charge < -0.3 is 15.0 Å². The predicted molar refractivity (Wildman–Crippen MR) is 148 cm³/mol. The van der Waals surface area contributed by atoms with E-state index in [1.54, 1.807) is 29.2 Å². The molecule has 0 saturated heterocycles. The number of methoxy groups -OCH3 is 1. The third-order valence-electron chi connectivity index (χ3n) is 5.81. The van der Waals surface area contributed by atoms with Gasteiger partial charge in [0.15, 0.2) is 0 Å². The van der Waals surface area contributed by atoms with Crippen molar-refractivity contribution < 1.29 is 22.7 Å². The third-order valence-corrected chi connectivity index (χ3v) is 7.01. The first-order chi connectivity index (χ1) is 17.2. The lowest BCUT2D eigenvalue weighted by atomic mass is 10.0. The number of nitrogens with one attached hydrogen (secondary N) is 1. The predicted octanol–water partition coefficient (Wildman–Crippen LogP) is 4.27. The Bertz CT molecular complexity index is 1170. The summed E-state index contributed by atoms with van der Waals surface area (Å²) in [6.07, 6.45) is 1.99. The van der Waals surface area contributed by atoms with Gasteiger partial charge in [0.2, 0.25) is 21.8 Å². The van der Waals surface area contributed by atoms with Crippen LogP contribution in [0.5, 0.6) is 5.75 Å². The van der Waals surface area contributed by atoms with Crippen LogP contribution in [0.15, 0.2) is 48.5 Å². The molecular weight excluding hydrogens is 490 g/mol. The van der Waals surface area contributed by atoms with Gasteiger partial charge in [0.05, 0.1) is 19.1 Å². The molecule has 1 atom stereocenters. The number of ether oxygens (including phenoxy) is 1. The van der Waals surface area contributed by atoms with Crippen molar-refractivity contribution in [3.8, 4) is 5.75 Å². The zero-order valence-electron chi connectivity index (χ0n) is 23.1. The van der Waals surface area contributed by atoms with Crippen LogP contribution in [-0.4, -0.2) is 56.6 Å². The maximum atomic E-state index is 13.5. The van der Waals surface area contributed by atoms with E-state index in [0.29, 0.717) is 30.8 Å². The van der Waals surface area contributed by atoms with Crippen molar-refractivity contribution in [2.24, 2.45) is 0 Å². The highest BCUT2D eigenvalue weighted by Crippen LogP contribution is 2.24. The summed E-state index contributed by atoms with van der Waals surface area (Å²) in [5.41, 5.74) is 2.04. The van der Waals surface area contributed by atoms with E-state index in [1.807, 2.05) is 58.9 Å². The normalized spacial score (nSPS) is 12.5. The summed E-state index contributed by atoms with van der Waals surface area (Å²) in [7, 11) is -2.06. The number of hydrogen-bond donors (Lipinski definition) is 1. The number of aryl methyl sites for hydroxylation is 1. The molecule has 0 aromatic heterocycles. The van der Waals surface area contributed by atoms with Gasteiger partial charge in [-0.05, 0) is 58.2 Å². The minimum atomic E-state index is -3.58. The molecule has 0 heterocycles. The monoisotopic (exact) mass is 531 g/mol. The zero-order chi connectivity index (χ0) is 27.8. The Morgan fingerprint density at radius 2 is 1.76 bits per heavy atom. The van der Waals surface area contributed by atoms with Gasteiger partial charge in [0.25, 0.3) is 0 Å². The van der Waals surface area contributed by atoms with E-state index < -0.39 is 21.6 Å². The molecule has 1 N–H and O–H groups in total. The SMILES string of the molecule is CC[C@H](C(=O)NC(C)(C)C)N(Cc1cccc(C)c1)C(=O)CCCN(c1cccc(OC)c1)S(C)(=O)=O. The summed E-state index contributed by atoms with van der Waals surface area (Å²) < 4.78 is 31.6. The van der Waals surface area contributed by atoms with Crippen LogP contribution in [0.2, 0.25) is 0 Å².